The fourth-order valence-corrected chi connectivity index (χ4v) is 7.50. The third kappa shape index (κ3) is 4.46. The van der Waals surface area contributed by atoms with Gasteiger partial charge in [0.25, 0.3) is 0 Å². The number of para-hydroxylation sites is 3. The van der Waals surface area contributed by atoms with E-state index in [0.29, 0.717) is 5.82 Å². The van der Waals surface area contributed by atoms with Crippen LogP contribution in [0.3, 0.4) is 0 Å². The first-order valence-electron chi connectivity index (χ1n) is 16.9. The Morgan fingerprint density at radius 1 is 0.360 bits per heavy atom. The van der Waals surface area contributed by atoms with Gasteiger partial charge < -0.3 is 4.57 Å². The van der Waals surface area contributed by atoms with Crippen LogP contribution in [0, 0.1) is 0 Å². The molecule has 4 heteroatoms. The lowest BCUT2D eigenvalue weighted by Gasteiger charge is -2.13. The van der Waals surface area contributed by atoms with E-state index in [4.69, 9.17) is 9.97 Å². The average Bonchev–Trinajstić information content (AvgIpc) is 3.72. The number of fused-ring (bicyclic) bond motifs is 7. The van der Waals surface area contributed by atoms with Gasteiger partial charge in [0.15, 0.2) is 5.82 Å². The maximum atomic E-state index is 5.36. The van der Waals surface area contributed by atoms with Crippen LogP contribution in [0.15, 0.2) is 182 Å². The molecule has 0 N–H and O–H groups in total. The summed E-state index contributed by atoms with van der Waals surface area (Å²) in [6.45, 7) is 0. The number of nitrogens with zero attached hydrogens (tertiary/aromatic N) is 4. The lowest BCUT2D eigenvalue weighted by atomic mass is 10.0. The molecule has 3 heterocycles. The molecule has 0 saturated heterocycles. The van der Waals surface area contributed by atoms with Crippen molar-refractivity contribution in [2.24, 2.45) is 0 Å². The van der Waals surface area contributed by atoms with Gasteiger partial charge in [-0.2, -0.15) is 0 Å². The minimum Gasteiger partial charge on any atom is -0.309 e. The Bertz CT molecular complexity index is 2850. The summed E-state index contributed by atoms with van der Waals surface area (Å²) in [5, 5.41) is 4.84. The van der Waals surface area contributed by atoms with Gasteiger partial charge in [-0.3, -0.25) is 4.57 Å². The highest BCUT2D eigenvalue weighted by Gasteiger charge is 2.22. The van der Waals surface area contributed by atoms with Gasteiger partial charge in [0, 0.05) is 44.4 Å². The van der Waals surface area contributed by atoms with Gasteiger partial charge in [-0.05, 0) is 47.5 Å². The summed E-state index contributed by atoms with van der Waals surface area (Å²) >= 11 is 0. The zero-order valence-corrected chi connectivity index (χ0v) is 27.1. The second kappa shape index (κ2) is 11.4. The van der Waals surface area contributed by atoms with Crippen molar-refractivity contribution in [3.63, 3.8) is 0 Å². The molecule has 0 aliphatic heterocycles. The quantitative estimate of drug-likeness (QED) is 0.188. The van der Waals surface area contributed by atoms with E-state index in [1.165, 1.54) is 32.6 Å². The molecule has 4 nitrogen and oxygen atoms in total. The first kappa shape index (κ1) is 28.3. The van der Waals surface area contributed by atoms with Crippen LogP contribution >= 0.6 is 0 Å². The van der Waals surface area contributed by atoms with Crippen LogP contribution in [0.1, 0.15) is 0 Å². The van der Waals surface area contributed by atoms with Crippen LogP contribution in [0.5, 0.6) is 0 Å². The van der Waals surface area contributed by atoms with E-state index in [-0.39, 0.29) is 0 Å². The zero-order chi connectivity index (χ0) is 33.0. The van der Waals surface area contributed by atoms with E-state index in [1.807, 2.05) is 12.1 Å². The molecule has 7 aromatic carbocycles. The van der Waals surface area contributed by atoms with Crippen LogP contribution in [0.25, 0.3) is 88.9 Å². The summed E-state index contributed by atoms with van der Waals surface area (Å²) in [7, 11) is 0. The smallest absolute Gasteiger partial charge is 0.162 e. The summed E-state index contributed by atoms with van der Waals surface area (Å²) in [4.78, 5) is 10.5. The molecule has 234 valence electrons. The molecule has 0 unspecified atom stereocenters. The average molecular weight is 639 g/mol. The van der Waals surface area contributed by atoms with Gasteiger partial charge in [0.05, 0.1) is 27.8 Å². The van der Waals surface area contributed by atoms with Crippen molar-refractivity contribution in [1.29, 1.82) is 0 Å². The summed E-state index contributed by atoms with van der Waals surface area (Å²) < 4.78 is 4.73. The maximum absolute atomic E-state index is 5.36. The van der Waals surface area contributed by atoms with Crippen LogP contribution < -0.4 is 0 Å². The van der Waals surface area contributed by atoms with Gasteiger partial charge >= 0.3 is 0 Å². The molecule has 0 bridgehead atoms. The normalized spacial score (nSPS) is 11.6. The molecular weight excluding hydrogens is 609 g/mol. The maximum Gasteiger partial charge on any atom is 0.162 e. The Kier molecular flexibility index (Phi) is 6.46. The number of hydrogen-bond acceptors (Lipinski definition) is 2. The zero-order valence-electron chi connectivity index (χ0n) is 27.1. The Hall–Kier alpha value is -6.78. The number of hydrogen-bond donors (Lipinski definition) is 0. The fourth-order valence-electron chi connectivity index (χ4n) is 7.50. The van der Waals surface area contributed by atoms with Crippen LogP contribution in [-0.2, 0) is 0 Å². The topological polar surface area (TPSA) is 35.6 Å². The molecular formula is C46H30N4. The first-order valence-corrected chi connectivity index (χ1v) is 16.9. The van der Waals surface area contributed by atoms with Gasteiger partial charge in [-0.15, -0.1) is 0 Å². The lowest BCUT2D eigenvalue weighted by molar-refractivity contribution is 1.05. The first-order chi connectivity index (χ1) is 24.8. The summed E-state index contributed by atoms with van der Waals surface area (Å²) in [5.41, 5.74) is 10.9. The molecule has 0 amide bonds. The van der Waals surface area contributed by atoms with Crippen LogP contribution in [-0.4, -0.2) is 19.1 Å². The van der Waals surface area contributed by atoms with E-state index in [9.17, 15) is 0 Å². The molecule has 0 atom stereocenters. The van der Waals surface area contributed by atoms with E-state index >= 15 is 0 Å². The monoisotopic (exact) mass is 638 g/mol. The standard InChI is InChI=1S/C46H30N4/c1-4-15-31(16-5-1)33-19-14-20-34(29-33)46-47-39(32-17-6-2-7-18-32)30-43(48-46)50-41-26-13-11-24-38(41)44-42(50)28-27-37-36-23-10-12-25-40(36)49(45(37)44)35-21-8-3-9-22-35/h1-30H. The molecule has 0 aliphatic rings. The third-order valence-corrected chi connectivity index (χ3v) is 9.72. The van der Waals surface area contributed by atoms with Crippen molar-refractivity contribution in [3.05, 3.63) is 182 Å². The minimum absolute atomic E-state index is 0.685. The number of rotatable bonds is 5. The SMILES string of the molecule is c1ccc(-c2cccc(-c3nc(-c4ccccc4)cc(-n4c5ccccc5c5c4ccc4c6ccccc6n(-c6ccccc6)c45)n3)c2)cc1. The molecule has 0 fully saturated rings. The fraction of sp³-hybridized carbons (Fsp3) is 0. The van der Waals surface area contributed by atoms with Crippen molar-refractivity contribution < 1.29 is 0 Å². The van der Waals surface area contributed by atoms with Crippen molar-refractivity contribution >= 4 is 43.6 Å². The Morgan fingerprint density at radius 2 is 0.960 bits per heavy atom. The molecule has 3 aromatic heterocycles. The van der Waals surface area contributed by atoms with Gasteiger partial charge in [0.2, 0.25) is 0 Å². The largest absolute Gasteiger partial charge is 0.309 e. The highest BCUT2D eigenvalue weighted by Crippen LogP contribution is 2.42. The summed E-state index contributed by atoms with van der Waals surface area (Å²) in [6.07, 6.45) is 0. The van der Waals surface area contributed by atoms with Gasteiger partial charge in [-0.25, -0.2) is 9.97 Å². The number of aromatic nitrogens is 4. The van der Waals surface area contributed by atoms with Crippen LogP contribution in [0.2, 0.25) is 0 Å². The van der Waals surface area contributed by atoms with Crippen molar-refractivity contribution in [2.75, 3.05) is 0 Å². The van der Waals surface area contributed by atoms with Crippen molar-refractivity contribution in [1.82, 2.24) is 19.1 Å². The van der Waals surface area contributed by atoms with Gasteiger partial charge in [0.1, 0.15) is 5.82 Å². The highest BCUT2D eigenvalue weighted by atomic mass is 15.1. The van der Waals surface area contributed by atoms with Crippen molar-refractivity contribution in [2.45, 2.75) is 0 Å². The Balaban J connectivity index is 1.29. The number of benzene rings is 7. The molecule has 0 aliphatic carbocycles. The van der Waals surface area contributed by atoms with E-state index in [1.54, 1.807) is 0 Å². The second-order valence-corrected chi connectivity index (χ2v) is 12.6. The van der Waals surface area contributed by atoms with Gasteiger partial charge in [-0.1, -0.05) is 140 Å². The van der Waals surface area contributed by atoms with Crippen molar-refractivity contribution in [3.8, 4) is 45.3 Å². The third-order valence-electron chi connectivity index (χ3n) is 9.72. The summed E-state index contributed by atoms with van der Waals surface area (Å²) in [5.74, 6) is 1.51. The lowest BCUT2D eigenvalue weighted by Crippen LogP contribution is -2.02. The molecule has 0 spiro atoms. The molecule has 10 aromatic rings. The minimum atomic E-state index is 0.685. The predicted octanol–water partition coefficient (Wildman–Crippen LogP) is 11.7. The summed E-state index contributed by atoms with van der Waals surface area (Å²) in [6, 6.07) is 64.1. The Labute approximate surface area is 289 Å². The molecule has 0 radical (unpaired) electrons. The second-order valence-electron chi connectivity index (χ2n) is 12.6. The van der Waals surface area contributed by atoms with E-state index in [0.717, 1.165) is 50.5 Å². The van der Waals surface area contributed by atoms with E-state index in [2.05, 4.69) is 179 Å². The van der Waals surface area contributed by atoms with Crippen LogP contribution in [0.4, 0.5) is 0 Å². The molecule has 50 heavy (non-hydrogen) atoms. The molecule has 10 rings (SSSR count). The van der Waals surface area contributed by atoms with E-state index < -0.39 is 0 Å². The highest BCUT2D eigenvalue weighted by molar-refractivity contribution is 6.26. The predicted molar refractivity (Wildman–Crippen MR) is 207 cm³/mol. The Morgan fingerprint density at radius 3 is 1.72 bits per heavy atom. The molecule has 0 saturated carbocycles.